The lowest BCUT2D eigenvalue weighted by Crippen LogP contribution is -2.00. The number of aliphatic hydroxyl groups excluding tert-OH is 1. The van der Waals surface area contributed by atoms with Crippen molar-refractivity contribution < 1.29 is 14.6 Å². The summed E-state index contributed by atoms with van der Waals surface area (Å²) in [6, 6.07) is 5.49. The van der Waals surface area contributed by atoms with Crippen molar-refractivity contribution in [3.05, 3.63) is 28.9 Å². The molecule has 0 aliphatic rings. The van der Waals surface area contributed by atoms with Crippen molar-refractivity contribution in [3.8, 4) is 11.5 Å². The number of fused-ring (bicyclic) bond motifs is 1. The van der Waals surface area contributed by atoms with Crippen LogP contribution in [0.15, 0.2) is 18.2 Å². The molecule has 5 heteroatoms. The molecular formula is C15H18ClNO3. The zero-order chi connectivity index (χ0) is 14.7. The summed E-state index contributed by atoms with van der Waals surface area (Å²) in [6.07, 6.45) is -0.665. The van der Waals surface area contributed by atoms with E-state index >= 15 is 0 Å². The van der Waals surface area contributed by atoms with Gasteiger partial charge in [-0.15, -0.1) is 0 Å². The number of hydrogen-bond donors (Lipinski definition) is 1. The molecule has 0 bridgehead atoms. The van der Waals surface area contributed by atoms with E-state index in [0.29, 0.717) is 40.9 Å². The average Bonchev–Trinajstić information content (AvgIpc) is 2.39. The van der Waals surface area contributed by atoms with Crippen LogP contribution in [0.3, 0.4) is 0 Å². The summed E-state index contributed by atoms with van der Waals surface area (Å²) < 4.78 is 11.1. The Hall–Kier alpha value is -1.52. The predicted octanol–water partition coefficient (Wildman–Crippen LogP) is 3.74. The summed E-state index contributed by atoms with van der Waals surface area (Å²) >= 11 is 6.09. The second-order valence-corrected chi connectivity index (χ2v) is 4.76. The second-order valence-electron chi connectivity index (χ2n) is 4.40. The number of halogens is 1. The Kier molecular flexibility index (Phi) is 4.68. The van der Waals surface area contributed by atoms with Crippen LogP contribution < -0.4 is 9.47 Å². The Morgan fingerprint density at radius 1 is 1.15 bits per heavy atom. The number of benzene rings is 1. The largest absolute Gasteiger partial charge is 0.490 e. The Morgan fingerprint density at radius 3 is 2.30 bits per heavy atom. The van der Waals surface area contributed by atoms with Crippen molar-refractivity contribution in [1.29, 1.82) is 0 Å². The fourth-order valence-electron chi connectivity index (χ4n) is 2.00. The molecule has 4 nitrogen and oxygen atoms in total. The van der Waals surface area contributed by atoms with Crippen LogP contribution in [0.5, 0.6) is 11.5 Å². The molecule has 2 aromatic rings. The quantitative estimate of drug-likeness (QED) is 0.854. The highest BCUT2D eigenvalue weighted by atomic mass is 35.5. The number of ether oxygens (including phenoxy) is 2. The lowest BCUT2D eigenvalue weighted by Gasteiger charge is -2.13. The molecule has 1 N–H and O–H groups in total. The zero-order valence-corrected chi connectivity index (χ0v) is 12.6. The maximum atomic E-state index is 9.70. The van der Waals surface area contributed by atoms with E-state index in [1.54, 1.807) is 6.92 Å². The van der Waals surface area contributed by atoms with Crippen LogP contribution in [0.2, 0.25) is 5.15 Å². The van der Waals surface area contributed by atoms with Crippen LogP contribution >= 0.6 is 11.6 Å². The molecule has 0 amide bonds. The Balaban J connectivity index is 2.61. The van der Waals surface area contributed by atoms with Gasteiger partial charge in [-0.1, -0.05) is 11.6 Å². The summed E-state index contributed by atoms with van der Waals surface area (Å²) in [7, 11) is 0. The number of aromatic nitrogens is 1. The summed E-state index contributed by atoms with van der Waals surface area (Å²) in [5, 5.41) is 10.9. The fourth-order valence-corrected chi connectivity index (χ4v) is 2.31. The number of rotatable bonds is 5. The lowest BCUT2D eigenvalue weighted by molar-refractivity contribution is 0.199. The normalized spacial score (nSPS) is 12.4. The minimum absolute atomic E-state index is 0.305. The predicted molar refractivity (Wildman–Crippen MR) is 79.7 cm³/mol. The Labute approximate surface area is 123 Å². The van der Waals surface area contributed by atoms with Crippen molar-refractivity contribution in [1.82, 2.24) is 4.98 Å². The molecule has 1 heterocycles. The molecular weight excluding hydrogens is 278 g/mol. The molecule has 0 aliphatic heterocycles. The highest BCUT2D eigenvalue weighted by Crippen LogP contribution is 2.34. The molecule has 0 aliphatic carbocycles. The third-order valence-corrected chi connectivity index (χ3v) is 3.21. The summed E-state index contributed by atoms with van der Waals surface area (Å²) in [6.45, 7) is 6.59. The summed E-state index contributed by atoms with van der Waals surface area (Å²) in [5.41, 5.74) is 1.32. The molecule has 2 rings (SSSR count). The van der Waals surface area contributed by atoms with Crippen molar-refractivity contribution in [2.45, 2.75) is 26.9 Å². The van der Waals surface area contributed by atoms with Gasteiger partial charge in [0.15, 0.2) is 11.5 Å². The first kappa shape index (κ1) is 14.9. The van der Waals surface area contributed by atoms with Gasteiger partial charge in [-0.05, 0) is 32.9 Å². The first-order valence-electron chi connectivity index (χ1n) is 6.64. The van der Waals surface area contributed by atoms with Gasteiger partial charge >= 0.3 is 0 Å². The Morgan fingerprint density at radius 2 is 1.75 bits per heavy atom. The van der Waals surface area contributed by atoms with Crippen molar-refractivity contribution >= 4 is 22.5 Å². The average molecular weight is 296 g/mol. The van der Waals surface area contributed by atoms with Crippen molar-refractivity contribution in [2.75, 3.05) is 13.2 Å². The van der Waals surface area contributed by atoms with E-state index < -0.39 is 6.10 Å². The number of pyridine rings is 1. The van der Waals surface area contributed by atoms with E-state index in [2.05, 4.69) is 4.98 Å². The van der Waals surface area contributed by atoms with Crippen LogP contribution in [0.4, 0.5) is 0 Å². The monoisotopic (exact) mass is 295 g/mol. The third-order valence-electron chi connectivity index (χ3n) is 2.91. The smallest absolute Gasteiger partial charge is 0.163 e. The van der Waals surface area contributed by atoms with Crippen LogP contribution in [0.25, 0.3) is 10.9 Å². The number of hydrogen-bond acceptors (Lipinski definition) is 4. The molecule has 0 spiro atoms. The van der Waals surface area contributed by atoms with Gasteiger partial charge in [-0.3, -0.25) is 0 Å². The molecule has 0 unspecified atom stereocenters. The maximum absolute atomic E-state index is 9.70. The van der Waals surface area contributed by atoms with Gasteiger partial charge in [-0.2, -0.15) is 0 Å². The number of aliphatic hydroxyl groups is 1. The van der Waals surface area contributed by atoms with Gasteiger partial charge in [0.2, 0.25) is 0 Å². The lowest BCUT2D eigenvalue weighted by atomic mass is 10.1. The SMILES string of the molecule is CCOc1cc2cc([C@H](C)O)c(Cl)nc2cc1OCC. The topological polar surface area (TPSA) is 51.6 Å². The molecule has 0 radical (unpaired) electrons. The minimum Gasteiger partial charge on any atom is -0.490 e. The van der Waals surface area contributed by atoms with Gasteiger partial charge in [0.25, 0.3) is 0 Å². The first-order valence-corrected chi connectivity index (χ1v) is 7.02. The van der Waals surface area contributed by atoms with Crippen LogP contribution in [0, 0.1) is 0 Å². The highest BCUT2D eigenvalue weighted by Gasteiger charge is 2.13. The van der Waals surface area contributed by atoms with E-state index in [1.165, 1.54) is 0 Å². The third kappa shape index (κ3) is 2.97. The fraction of sp³-hybridized carbons (Fsp3) is 0.400. The van der Waals surface area contributed by atoms with Crippen LogP contribution in [-0.2, 0) is 0 Å². The van der Waals surface area contributed by atoms with Gasteiger partial charge in [0.1, 0.15) is 5.15 Å². The van der Waals surface area contributed by atoms with E-state index in [4.69, 9.17) is 21.1 Å². The number of nitrogens with zero attached hydrogens (tertiary/aromatic N) is 1. The van der Waals surface area contributed by atoms with E-state index in [-0.39, 0.29) is 0 Å². The highest BCUT2D eigenvalue weighted by molar-refractivity contribution is 6.30. The standard InChI is InChI=1S/C15H18ClNO3/c1-4-19-13-7-10-6-11(9(3)18)15(16)17-12(10)8-14(13)20-5-2/h6-9,18H,4-5H2,1-3H3/t9-/m0/s1. The molecule has 20 heavy (non-hydrogen) atoms. The van der Waals surface area contributed by atoms with Gasteiger partial charge in [-0.25, -0.2) is 4.98 Å². The minimum atomic E-state index is -0.665. The van der Waals surface area contributed by atoms with Crippen molar-refractivity contribution in [2.24, 2.45) is 0 Å². The zero-order valence-electron chi connectivity index (χ0n) is 11.8. The molecule has 0 saturated carbocycles. The van der Waals surface area contributed by atoms with Crippen molar-refractivity contribution in [3.63, 3.8) is 0 Å². The molecule has 0 saturated heterocycles. The molecule has 1 atom stereocenters. The maximum Gasteiger partial charge on any atom is 0.163 e. The Bertz CT molecular complexity index is 614. The van der Waals surface area contributed by atoms with Gasteiger partial charge < -0.3 is 14.6 Å². The summed E-state index contributed by atoms with van der Waals surface area (Å²) in [5.74, 6) is 1.32. The first-order chi connectivity index (χ1) is 9.56. The van der Waals surface area contributed by atoms with Gasteiger partial charge in [0.05, 0.1) is 24.8 Å². The van der Waals surface area contributed by atoms with Gasteiger partial charge in [0, 0.05) is 17.0 Å². The molecule has 108 valence electrons. The van der Waals surface area contributed by atoms with E-state index in [0.717, 1.165) is 5.39 Å². The van der Waals surface area contributed by atoms with Crippen LogP contribution in [0.1, 0.15) is 32.4 Å². The molecule has 1 aromatic carbocycles. The van der Waals surface area contributed by atoms with E-state index in [9.17, 15) is 5.11 Å². The second kappa shape index (κ2) is 6.29. The van der Waals surface area contributed by atoms with E-state index in [1.807, 2.05) is 32.0 Å². The summed E-state index contributed by atoms with van der Waals surface area (Å²) in [4.78, 5) is 4.31. The van der Waals surface area contributed by atoms with Crippen LogP contribution in [-0.4, -0.2) is 23.3 Å². The molecule has 0 fully saturated rings. The molecule has 1 aromatic heterocycles.